The lowest BCUT2D eigenvalue weighted by atomic mass is 9.98. The number of nitrogens with one attached hydrogen (secondary N) is 1. The van der Waals surface area contributed by atoms with Gasteiger partial charge < -0.3 is 14.8 Å². The van der Waals surface area contributed by atoms with E-state index in [2.05, 4.69) is 4.98 Å². The molecule has 25 heavy (non-hydrogen) atoms. The van der Waals surface area contributed by atoms with E-state index in [1.807, 2.05) is 0 Å². The summed E-state index contributed by atoms with van der Waals surface area (Å²) >= 11 is 13.4. The molecule has 0 aliphatic carbocycles. The summed E-state index contributed by atoms with van der Waals surface area (Å²) in [6, 6.07) is 4.89. The molecule has 0 saturated carbocycles. The normalized spacial score (nSPS) is 11.0. The molecule has 8 heteroatoms. The summed E-state index contributed by atoms with van der Waals surface area (Å²) in [6.45, 7) is 1.76. The predicted molar refractivity (Wildman–Crippen MR) is 98.7 cm³/mol. The lowest BCUT2D eigenvalue weighted by Crippen LogP contribution is -2.06. The molecule has 2 aromatic heterocycles. The van der Waals surface area contributed by atoms with Gasteiger partial charge in [0.25, 0.3) is 0 Å². The van der Waals surface area contributed by atoms with Crippen LogP contribution in [0.4, 0.5) is 0 Å². The number of methoxy groups -OCH3 is 1. The van der Waals surface area contributed by atoms with Gasteiger partial charge in [-0.25, -0.2) is 0 Å². The Morgan fingerprint density at radius 3 is 2.60 bits per heavy atom. The number of aryl methyl sites for hydroxylation is 1. The van der Waals surface area contributed by atoms with Crippen LogP contribution in [0.3, 0.4) is 0 Å². The average Bonchev–Trinajstić information content (AvgIpc) is 3.09. The zero-order chi connectivity index (χ0) is 18.3. The number of carbonyl (C=O) groups is 2. The Hall–Kier alpha value is -2.02. The SMILES string of the molecule is COc1c(Cl)cc2[nH]c(C)c(CC(=O)O)c2c1C(=O)c1ccc(Cl)s1. The van der Waals surface area contributed by atoms with E-state index in [1.165, 1.54) is 7.11 Å². The van der Waals surface area contributed by atoms with Crippen LogP contribution < -0.4 is 4.74 Å². The van der Waals surface area contributed by atoms with Gasteiger partial charge in [-0.05, 0) is 30.7 Å². The average molecular weight is 398 g/mol. The van der Waals surface area contributed by atoms with Crippen molar-refractivity contribution >= 4 is 57.2 Å². The fourth-order valence-corrected chi connectivity index (χ4v) is 4.13. The number of fused-ring (bicyclic) bond motifs is 1. The van der Waals surface area contributed by atoms with Crippen LogP contribution in [0, 0.1) is 6.92 Å². The number of ketones is 1. The van der Waals surface area contributed by atoms with E-state index in [0.717, 1.165) is 11.3 Å². The summed E-state index contributed by atoms with van der Waals surface area (Å²) < 4.78 is 5.84. The number of carboxylic acids is 1. The molecule has 2 N–H and O–H groups in total. The van der Waals surface area contributed by atoms with Gasteiger partial charge in [-0.2, -0.15) is 0 Å². The van der Waals surface area contributed by atoms with Crippen LogP contribution in [0.5, 0.6) is 5.75 Å². The molecule has 0 radical (unpaired) electrons. The van der Waals surface area contributed by atoms with Crippen LogP contribution in [-0.2, 0) is 11.2 Å². The van der Waals surface area contributed by atoms with E-state index in [1.54, 1.807) is 25.1 Å². The molecule has 3 aromatic rings. The predicted octanol–water partition coefficient (Wildman–Crippen LogP) is 4.71. The molecule has 0 saturated heterocycles. The molecule has 0 amide bonds. The van der Waals surface area contributed by atoms with Gasteiger partial charge >= 0.3 is 5.97 Å². The molecular weight excluding hydrogens is 385 g/mol. The van der Waals surface area contributed by atoms with Crippen molar-refractivity contribution in [2.45, 2.75) is 13.3 Å². The lowest BCUT2D eigenvalue weighted by molar-refractivity contribution is -0.136. The van der Waals surface area contributed by atoms with E-state index in [9.17, 15) is 14.7 Å². The fourth-order valence-electron chi connectivity index (χ4n) is 2.86. The molecule has 3 rings (SSSR count). The van der Waals surface area contributed by atoms with E-state index >= 15 is 0 Å². The van der Waals surface area contributed by atoms with E-state index < -0.39 is 5.97 Å². The lowest BCUT2D eigenvalue weighted by Gasteiger charge is -2.12. The third-order valence-electron chi connectivity index (χ3n) is 3.87. The van der Waals surface area contributed by atoms with Crippen molar-refractivity contribution in [1.82, 2.24) is 4.98 Å². The van der Waals surface area contributed by atoms with Gasteiger partial charge in [-0.1, -0.05) is 23.2 Å². The third-order valence-corrected chi connectivity index (χ3v) is 5.38. The van der Waals surface area contributed by atoms with Crippen molar-refractivity contribution in [3.8, 4) is 5.75 Å². The maximum atomic E-state index is 13.1. The summed E-state index contributed by atoms with van der Waals surface area (Å²) in [7, 11) is 1.42. The molecule has 0 aliphatic rings. The number of halogens is 2. The molecule has 2 heterocycles. The number of benzene rings is 1. The van der Waals surface area contributed by atoms with E-state index in [-0.39, 0.29) is 28.5 Å². The number of aromatic nitrogens is 1. The molecule has 0 atom stereocenters. The number of rotatable bonds is 5. The van der Waals surface area contributed by atoms with Gasteiger partial charge in [-0.3, -0.25) is 9.59 Å². The van der Waals surface area contributed by atoms with Crippen LogP contribution in [0.1, 0.15) is 26.5 Å². The molecule has 1 aromatic carbocycles. The molecule has 0 unspecified atom stereocenters. The Morgan fingerprint density at radius 1 is 1.32 bits per heavy atom. The van der Waals surface area contributed by atoms with Gasteiger partial charge in [0, 0.05) is 16.6 Å². The van der Waals surface area contributed by atoms with Crippen molar-refractivity contribution in [3.63, 3.8) is 0 Å². The minimum atomic E-state index is -0.990. The topological polar surface area (TPSA) is 79.4 Å². The number of H-pyrrole nitrogens is 1. The quantitative estimate of drug-likeness (QED) is 0.610. The number of aromatic amines is 1. The molecule has 0 spiro atoms. The first-order valence-electron chi connectivity index (χ1n) is 7.23. The molecule has 0 aliphatic heterocycles. The number of carbonyl (C=O) groups excluding carboxylic acids is 1. The number of carboxylic acid groups (broad SMARTS) is 1. The van der Waals surface area contributed by atoms with Crippen molar-refractivity contribution in [1.29, 1.82) is 0 Å². The molecular formula is C17H13Cl2NO4S. The summed E-state index contributed by atoms with van der Waals surface area (Å²) in [5.41, 5.74) is 2.03. The van der Waals surface area contributed by atoms with E-state index in [0.29, 0.717) is 31.4 Å². The third kappa shape index (κ3) is 3.13. The van der Waals surface area contributed by atoms with Crippen LogP contribution >= 0.6 is 34.5 Å². The molecule has 130 valence electrons. The first kappa shape index (κ1) is 17.8. The maximum absolute atomic E-state index is 13.1. The Balaban J connectivity index is 2.37. The minimum absolute atomic E-state index is 0.217. The first-order chi connectivity index (χ1) is 11.8. The first-order valence-corrected chi connectivity index (χ1v) is 8.80. The molecule has 5 nitrogen and oxygen atoms in total. The highest BCUT2D eigenvalue weighted by Crippen LogP contribution is 2.40. The van der Waals surface area contributed by atoms with Gasteiger partial charge in [0.05, 0.1) is 33.3 Å². The molecule has 0 fully saturated rings. The number of hydrogen-bond acceptors (Lipinski definition) is 4. The summed E-state index contributed by atoms with van der Waals surface area (Å²) in [5.74, 6) is -1.09. The number of thiophene rings is 1. The van der Waals surface area contributed by atoms with Gasteiger partial charge in [0.1, 0.15) is 5.75 Å². The second-order valence-corrected chi connectivity index (χ2v) is 7.54. The monoisotopic (exact) mass is 397 g/mol. The second kappa shape index (κ2) is 6.71. The Morgan fingerprint density at radius 2 is 2.04 bits per heavy atom. The number of hydrogen-bond donors (Lipinski definition) is 2. The Kier molecular flexibility index (Phi) is 4.77. The highest BCUT2D eigenvalue weighted by atomic mass is 35.5. The maximum Gasteiger partial charge on any atom is 0.307 e. The number of aliphatic carboxylic acids is 1. The second-order valence-electron chi connectivity index (χ2n) is 5.42. The van der Waals surface area contributed by atoms with Crippen molar-refractivity contribution in [2.75, 3.05) is 7.11 Å². The zero-order valence-corrected chi connectivity index (χ0v) is 15.6. The van der Waals surface area contributed by atoms with Crippen molar-refractivity contribution < 1.29 is 19.4 Å². The minimum Gasteiger partial charge on any atom is -0.494 e. The Labute approximate surface area is 157 Å². The standard InChI is InChI=1S/C17H13Cl2NO4S/c1-7-8(5-13(21)22)14-10(20-7)6-9(18)17(24-2)15(14)16(23)11-3-4-12(19)25-11/h3-4,6,20H,5H2,1-2H3,(H,21,22). The smallest absolute Gasteiger partial charge is 0.307 e. The number of ether oxygens (including phenoxy) is 1. The van der Waals surface area contributed by atoms with Crippen molar-refractivity contribution in [3.05, 3.63) is 49.3 Å². The highest BCUT2D eigenvalue weighted by molar-refractivity contribution is 7.18. The fraction of sp³-hybridized carbons (Fsp3) is 0.176. The van der Waals surface area contributed by atoms with Crippen LogP contribution in [0.15, 0.2) is 18.2 Å². The summed E-state index contributed by atoms with van der Waals surface area (Å²) in [4.78, 5) is 27.9. The zero-order valence-electron chi connectivity index (χ0n) is 13.3. The largest absolute Gasteiger partial charge is 0.494 e. The Bertz CT molecular complexity index is 1010. The van der Waals surface area contributed by atoms with Crippen LogP contribution in [0.25, 0.3) is 10.9 Å². The highest BCUT2D eigenvalue weighted by Gasteiger charge is 2.26. The van der Waals surface area contributed by atoms with Crippen molar-refractivity contribution in [2.24, 2.45) is 0 Å². The van der Waals surface area contributed by atoms with Gasteiger partial charge in [0.2, 0.25) is 5.78 Å². The van der Waals surface area contributed by atoms with Gasteiger partial charge in [0.15, 0.2) is 0 Å². The van der Waals surface area contributed by atoms with Crippen LogP contribution in [-0.4, -0.2) is 29.0 Å². The van der Waals surface area contributed by atoms with Gasteiger partial charge in [-0.15, -0.1) is 11.3 Å². The summed E-state index contributed by atoms with van der Waals surface area (Å²) in [6.07, 6.45) is -0.220. The molecule has 0 bridgehead atoms. The summed E-state index contributed by atoms with van der Waals surface area (Å²) in [5, 5.41) is 10.0. The van der Waals surface area contributed by atoms with Crippen LogP contribution in [0.2, 0.25) is 9.36 Å². The van der Waals surface area contributed by atoms with E-state index in [4.69, 9.17) is 27.9 Å².